The van der Waals surface area contributed by atoms with Crippen LogP contribution in [0.1, 0.15) is 130 Å². The summed E-state index contributed by atoms with van der Waals surface area (Å²) in [4.78, 5) is 39.1. The Morgan fingerprint density at radius 2 is 0.545 bits per heavy atom. The molecule has 8 nitrogen and oxygen atoms in total. The molecule has 0 unspecified atom stereocenters. The Labute approximate surface area is 214 Å². The van der Waals surface area contributed by atoms with Crippen LogP contribution in [0, 0.1) is 0 Å². The zero-order chi connectivity index (χ0) is 25.6. The minimum absolute atomic E-state index is 0. The first-order chi connectivity index (χ1) is 15.1. The minimum Gasteiger partial charge on any atom is -0.550 e. The molecule has 0 aliphatic heterocycles. The molecule has 0 N–H and O–H groups in total. The van der Waals surface area contributed by atoms with Gasteiger partial charge < -0.3 is 39.6 Å². The molecule has 0 aliphatic carbocycles. The van der Waals surface area contributed by atoms with E-state index in [0.29, 0.717) is 0 Å². The fourth-order valence-corrected chi connectivity index (χ4v) is 2.08. The molecule has 0 fully saturated rings. The van der Waals surface area contributed by atoms with Crippen LogP contribution in [0.4, 0.5) is 0 Å². The maximum atomic E-state index is 9.76. The summed E-state index contributed by atoms with van der Waals surface area (Å²) in [5, 5.41) is 39.1. The summed E-state index contributed by atoms with van der Waals surface area (Å²) in [5.41, 5.74) is 0. The molecule has 194 valence electrons. The first-order valence-corrected chi connectivity index (χ1v) is 11.9. The zero-order valence-electron chi connectivity index (χ0n) is 21.0. The van der Waals surface area contributed by atoms with Crippen LogP contribution in [-0.2, 0) is 40.2 Å². The molecule has 33 heavy (non-hydrogen) atoms. The van der Waals surface area contributed by atoms with Gasteiger partial charge >= 0.3 is 21.1 Å². The van der Waals surface area contributed by atoms with Gasteiger partial charge in [-0.15, -0.1) is 0 Å². The Hall–Kier alpha value is -1.43. The van der Waals surface area contributed by atoms with Crippen LogP contribution in [0.25, 0.3) is 0 Å². The average molecular weight is 557 g/mol. The summed E-state index contributed by atoms with van der Waals surface area (Å²) in [5.74, 6) is -3.73. The Morgan fingerprint density at radius 3 is 0.636 bits per heavy atom. The molecule has 0 aromatic carbocycles. The van der Waals surface area contributed by atoms with Crippen LogP contribution in [0.5, 0.6) is 0 Å². The van der Waals surface area contributed by atoms with E-state index in [-0.39, 0.29) is 46.7 Å². The molecule has 0 atom stereocenters. The molecule has 0 spiro atoms. The third-order valence-corrected chi connectivity index (χ3v) is 3.94. The Kier molecular flexibility index (Phi) is 47.9. The minimum atomic E-state index is -0.932. The topological polar surface area (TPSA) is 161 Å². The molecule has 0 saturated heterocycles. The van der Waals surface area contributed by atoms with Crippen molar-refractivity contribution in [2.24, 2.45) is 0 Å². The van der Waals surface area contributed by atoms with Gasteiger partial charge in [-0.3, -0.25) is 0 Å². The molecule has 0 radical (unpaired) electrons. The van der Waals surface area contributed by atoms with Crippen LogP contribution in [0.15, 0.2) is 0 Å². The monoisotopic (exact) mass is 558 g/mol. The van der Waals surface area contributed by atoms with E-state index >= 15 is 0 Å². The summed E-state index contributed by atoms with van der Waals surface area (Å²) in [6.45, 7) is 8.15. The number of hydrogen-bond donors (Lipinski definition) is 0. The molecule has 0 aliphatic rings. The van der Waals surface area contributed by atoms with Crippen LogP contribution >= 0.6 is 0 Å². The predicted molar refractivity (Wildman–Crippen MR) is 117 cm³/mol. The maximum Gasteiger partial charge on any atom is 4.00 e. The van der Waals surface area contributed by atoms with Gasteiger partial charge in [-0.05, 0) is 51.4 Å². The van der Waals surface area contributed by atoms with Crippen molar-refractivity contribution in [3.63, 3.8) is 0 Å². The number of rotatable bonds is 16. The molecule has 0 heterocycles. The van der Waals surface area contributed by atoms with Crippen LogP contribution in [-0.4, -0.2) is 23.9 Å². The van der Waals surface area contributed by atoms with Gasteiger partial charge in [-0.1, -0.05) is 79.1 Å². The van der Waals surface area contributed by atoms with E-state index in [1.54, 1.807) is 0 Å². The van der Waals surface area contributed by atoms with E-state index in [0.717, 1.165) is 77.0 Å². The number of carboxylic acid groups (broad SMARTS) is 4. The smallest absolute Gasteiger partial charge is 0.550 e. The van der Waals surface area contributed by atoms with E-state index in [2.05, 4.69) is 0 Å². The molecular weight excluding hydrogens is 512 g/mol. The second-order valence-corrected chi connectivity index (χ2v) is 7.32. The first-order valence-electron chi connectivity index (χ1n) is 11.9. The maximum absolute atomic E-state index is 9.76. The average Bonchev–Trinajstić information content (AvgIpc) is 2.69. The molecule has 0 aromatic heterocycles. The molecule has 0 bridgehead atoms. The second-order valence-electron chi connectivity index (χ2n) is 7.32. The molecular formula is C24H44MoO8. The van der Waals surface area contributed by atoms with E-state index in [1.807, 2.05) is 27.7 Å². The fourth-order valence-electron chi connectivity index (χ4n) is 2.08. The van der Waals surface area contributed by atoms with Gasteiger partial charge in [0.25, 0.3) is 0 Å². The zero-order valence-corrected chi connectivity index (χ0v) is 23.0. The van der Waals surface area contributed by atoms with Gasteiger partial charge in [-0.2, -0.15) is 0 Å². The van der Waals surface area contributed by atoms with Gasteiger partial charge in [0.2, 0.25) is 0 Å². The van der Waals surface area contributed by atoms with E-state index in [9.17, 15) is 39.6 Å². The van der Waals surface area contributed by atoms with Crippen molar-refractivity contribution in [3.05, 3.63) is 0 Å². The quantitative estimate of drug-likeness (QED) is 0.203. The molecule has 0 aromatic rings. The third kappa shape index (κ3) is 72.4. The van der Waals surface area contributed by atoms with Crippen LogP contribution < -0.4 is 20.4 Å². The number of aliphatic carboxylic acids is 4. The second kappa shape index (κ2) is 37.9. The Morgan fingerprint density at radius 1 is 0.394 bits per heavy atom. The van der Waals surface area contributed by atoms with Crippen molar-refractivity contribution in [2.75, 3.05) is 0 Å². The van der Waals surface area contributed by atoms with Gasteiger partial charge in [-0.25, -0.2) is 0 Å². The van der Waals surface area contributed by atoms with Gasteiger partial charge in [0.15, 0.2) is 0 Å². The number of unbranched alkanes of at least 4 members (excludes halogenated alkanes) is 8. The molecule has 9 heteroatoms. The van der Waals surface area contributed by atoms with Crippen molar-refractivity contribution < 1.29 is 60.7 Å². The van der Waals surface area contributed by atoms with Crippen molar-refractivity contribution in [1.82, 2.24) is 0 Å². The van der Waals surface area contributed by atoms with Crippen LogP contribution in [0.3, 0.4) is 0 Å². The summed E-state index contributed by atoms with van der Waals surface area (Å²) in [6.07, 6.45) is 12.1. The van der Waals surface area contributed by atoms with E-state index in [4.69, 9.17) is 0 Å². The van der Waals surface area contributed by atoms with Crippen molar-refractivity contribution >= 4 is 23.9 Å². The largest absolute Gasteiger partial charge is 4.00 e. The van der Waals surface area contributed by atoms with Gasteiger partial charge in [0.1, 0.15) is 0 Å². The summed E-state index contributed by atoms with van der Waals surface area (Å²) in [6, 6.07) is 0. The predicted octanol–water partition coefficient (Wildman–Crippen LogP) is 1.26. The van der Waals surface area contributed by atoms with E-state index < -0.39 is 23.9 Å². The third-order valence-electron chi connectivity index (χ3n) is 3.94. The first kappa shape index (κ1) is 41.8. The van der Waals surface area contributed by atoms with Gasteiger partial charge in [0.05, 0.1) is 0 Å². The molecule has 0 amide bonds. The molecule has 0 rings (SSSR count). The summed E-state index contributed by atoms with van der Waals surface area (Å²) < 4.78 is 0. The van der Waals surface area contributed by atoms with Crippen molar-refractivity contribution in [2.45, 2.75) is 130 Å². The van der Waals surface area contributed by atoms with E-state index in [1.165, 1.54) is 0 Å². The Balaban J connectivity index is -0.000000105. The van der Waals surface area contributed by atoms with Crippen LogP contribution in [0.2, 0.25) is 0 Å². The Bertz CT molecular complexity index is 362. The number of hydrogen-bond acceptors (Lipinski definition) is 8. The summed E-state index contributed by atoms with van der Waals surface area (Å²) in [7, 11) is 0. The van der Waals surface area contributed by atoms with Gasteiger partial charge in [0, 0.05) is 23.9 Å². The summed E-state index contributed by atoms with van der Waals surface area (Å²) >= 11 is 0. The van der Waals surface area contributed by atoms with Crippen molar-refractivity contribution in [1.29, 1.82) is 0 Å². The SMILES string of the molecule is CCCCCC(=O)[O-].CCCCCC(=O)[O-].CCCCCC(=O)[O-].CCCCCC(=O)[O-].[Mo+4]. The number of carboxylic acids is 4. The number of carbonyl (C=O) groups is 4. The normalized spacial score (nSPS) is 8.85. The fraction of sp³-hybridized carbons (Fsp3) is 0.833. The van der Waals surface area contributed by atoms with Crippen molar-refractivity contribution in [3.8, 4) is 0 Å². The number of carbonyl (C=O) groups excluding carboxylic acids is 4. The standard InChI is InChI=1S/4C6H12O2.Mo/c4*1-2-3-4-5-6(7)8;/h4*2-5H2,1H3,(H,7,8);/q;;;;+4/p-4. The molecule has 0 saturated carbocycles.